The normalized spacial score (nSPS) is 55.8. The number of hydrogen-bond donors (Lipinski definition) is 7. The van der Waals surface area contributed by atoms with Crippen molar-refractivity contribution in [2.45, 2.75) is 142 Å². The van der Waals surface area contributed by atoms with E-state index in [1.54, 1.807) is 13.8 Å². The van der Waals surface area contributed by atoms with Gasteiger partial charge in [-0.3, -0.25) is 9.59 Å². The number of ether oxygens (including phenoxy) is 2. The Morgan fingerprint density at radius 1 is 0.894 bits per heavy atom. The van der Waals surface area contributed by atoms with Gasteiger partial charge in [-0.05, 0) is 106 Å². The summed E-state index contributed by atoms with van der Waals surface area (Å²) in [4.78, 5) is 27.2. The maximum absolute atomic E-state index is 14.5. The largest absolute Gasteiger partial charge is 0.481 e. The van der Waals surface area contributed by atoms with Crippen molar-refractivity contribution >= 4 is 11.9 Å². The third-order valence-electron chi connectivity index (χ3n) is 15.6. The van der Waals surface area contributed by atoms with E-state index in [0.29, 0.717) is 44.9 Å². The summed E-state index contributed by atoms with van der Waals surface area (Å²) in [6, 6.07) is 0. The Balaban J connectivity index is 1.39. The van der Waals surface area contributed by atoms with Crippen LogP contribution in [0.15, 0.2) is 11.6 Å². The van der Waals surface area contributed by atoms with E-state index in [9.17, 15) is 45.3 Å². The number of allylic oxidation sites excluding steroid dienone is 1. The molecule has 2 unspecified atom stereocenters. The van der Waals surface area contributed by atoms with Crippen molar-refractivity contribution in [2.75, 3.05) is 6.61 Å². The lowest BCUT2D eigenvalue weighted by molar-refractivity contribution is -0.299. The van der Waals surface area contributed by atoms with Gasteiger partial charge in [0.05, 0.1) is 29.1 Å². The second-order valence-corrected chi connectivity index (χ2v) is 17.3. The zero-order valence-corrected chi connectivity index (χ0v) is 28.7. The minimum Gasteiger partial charge on any atom is -0.481 e. The Kier molecular flexibility index (Phi) is 8.40. The van der Waals surface area contributed by atoms with Crippen LogP contribution in [0.2, 0.25) is 0 Å². The first-order valence-electron chi connectivity index (χ1n) is 17.6. The van der Waals surface area contributed by atoms with Gasteiger partial charge in [0.2, 0.25) is 6.29 Å². The average molecular weight is 665 g/mol. The summed E-state index contributed by atoms with van der Waals surface area (Å²) in [7, 11) is 0. The summed E-state index contributed by atoms with van der Waals surface area (Å²) in [5, 5.41) is 74.8. The summed E-state index contributed by atoms with van der Waals surface area (Å²) in [5.74, 6) is -2.37. The second kappa shape index (κ2) is 11.2. The monoisotopic (exact) mass is 664 g/mol. The van der Waals surface area contributed by atoms with Crippen molar-refractivity contribution in [3.63, 3.8) is 0 Å². The lowest BCUT2D eigenvalue weighted by Gasteiger charge is -2.71. The molecule has 0 bridgehead atoms. The fraction of sp³-hybridized carbons (Fsp3) is 0.889. The fourth-order valence-electron chi connectivity index (χ4n) is 12.2. The first-order chi connectivity index (χ1) is 21.8. The van der Waals surface area contributed by atoms with Gasteiger partial charge in [0.1, 0.15) is 24.4 Å². The molecule has 0 aromatic carbocycles. The molecule has 0 radical (unpaired) electrons. The highest BCUT2D eigenvalue weighted by Crippen LogP contribution is 2.76. The molecule has 1 heterocycles. The Bertz CT molecular complexity index is 1310. The Morgan fingerprint density at radius 2 is 1.57 bits per heavy atom. The van der Waals surface area contributed by atoms with E-state index in [1.165, 1.54) is 0 Å². The zero-order chi connectivity index (χ0) is 34.7. The zero-order valence-electron chi connectivity index (χ0n) is 28.7. The highest BCUT2D eigenvalue weighted by atomic mass is 16.7. The molecule has 0 amide bonds. The van der Waals surface area contributed by atoms with E-state index < -0.39 is 83.1 Å². The van der Waals surface area contributed by atoms with Gasteiger partial charge in [-0.2, -0.15) is 0 Å². The van der Waals surface area contributed by atoms with Crippen molar-refractivity contribution in [3.05, 3.63) is 11.6 Å². The van der Waals surface area contributed by atoms with Crippen molar-refractivity contribution in [3.8, 4) is 0 Å². The second-order valence-electron chi connectivity index (χ2n) is 17.3. The molecule has 7 N–H and O–H groups in total. The highest BCUT2D eigenvalue weighted by Gasteiger charge is 2.72. The predicted molar refractivity (Wildman–Crippen MR) is 168 cm³/mol. The summed E-state index contributed by atoms with van der Waals surface area (Å²) < 4.78 is 11.4. The molecule has 47 heavy (non-hydrogen) atoms. The molecule has 266 valence electrons. The van der Waals surface area contributed by atoms with Crippen LogP contribution in [0.1, 0.15) is 99.3 Å². The fourth-order valence-corrected chi connectivity index (χ4v) is 12.2. The van der Waals surface area contributed by atoms with Crippen molar-refractivity contribution in [1.29, 1.82) is 0 Å². The SMILES string of the molecule is C[C@H]1CC[C@]2(C(=O)O[C@@H]3O[C@H](CO)[C@@H](O)[C@H](O)[C@H]3O)CC[C@]3(C)C(=CCC4[C@@]5(C)CC[C@@H](O)[C@@](C)(C(=O)O)C5CC[C@]43C)[C@@H]2[C@]1(C)O. The Hall–Kier alpha value is -1.60. The van der Waals surface area contributed by atoms with Crippen LogP contribution in [0.3, 0.4) is 0 Å². The van der Waals surface area contributed by atoms with E-state index in [0.717, 1.165) is 18.4 Å². The predicted octanol–water partition coefficient (Wildman–Crippen LogP) is 2.53. The molecule has 0 aromatic heterocycles. The molecular formula is C36H56O11. The van der Waals surface area contributed by atoms with Gasteiger partial charge >= 0.3 is 11.9 Å². The van der Waals surface area contributed by atoms with E-state index in [1.807, 2.05) is 6.92 Å². The van der Waals surface area contributed by atoms with Crippen LogP contribution in [0.25, 0.3) is 0 Å². The number of aliphatic hydroxyl groups is 6. The minimum absolute atomic E-state index is 0.126. The van der Waals surface area contributed by atoms with Crippen molar-refractivity contribution in [1.82, 2.24) is 0 Å². The highest BCUT2D eigenvalue weighted by molar-refractivity contribution is 5.79. The number of esters is 1. The molecule has 6 rings (SSSR count). The van der Waals surface area contributed by atoms with Crippen LogP contribution in [0.5, 0.6) is 0 Å². The maximum Gasteiger partial charge on any atom is 0.315 e. The lowest BCUT2D eigenvalue weighted by Crippen LogP contribution is -2.69. The Labute approximate surface area is 277 Å². The third-order valence-corrected chi connectivity index (χ3v) is 15.6. The molecule has 0 spiro atoms. The molecule has 5 aliphatic carbocycles. The molecule has 6 aliphatic rings. The maximum atomic E-state index is 14.5. The van der Waals surface area contributed by atoms with Crippen LogP contribution < -0.4 is 0 Å². The number of carboxylic acid groups (broad SMARTS) is 1. The molecule has 0 aromatic rings. The van der Waals surface area contributed by atoms with Gasteiger partial charge in [-0.25, -0.2) is 0 Å². The van der Waals surface area contributed by atoms with Crippen molar-refractivity contribution < 1.29 is 54.8 Å². The first-order valence-corrected chi connectivity index (χ1v) is 17.6. The van der Waals surface area contributed by atoms with Gasteiger partial charge in [0.25, 0.3) is 0 Å². The van der Waals surface area contributed by atoms with Crippen LogP contribution in [-0.4, -0.2) is 96.7 Å². The van der Waals surface area contributed by atoms with E-state index in [2.05, 4.69) is 26.8 Å². The molecule has 16 atom stereocenters. The van der Waals surface area contributed by atoms with Crippen LogP contribution in [0.4, 0.5) is 0 Å². The number of fused-ring (bicyclic) bond motifs is 7. The molecule has 11 nitrogen and oxygen atoms in total. The lowest BCUT2D eigenvalue weighted by atomic mass is 9.33. The number of carbonyl (C=O) groups is 2. The van der Waals surface area contributed by atoms with Gasteiger partial charge in [0.15, 0.2) is 0 Å². The van der Waals surface area contributed by atoms with Crippen LogP contribution >= 0.6 is 0 Å². The Morgan fingerprint density at radius 3 is 2.21 bits per heavy atom. The number of aliphatic hydroxyl groups excluding tert-OH is 5. The van der Waals surface area contributed by atoms with Gasteiger partial charge in [-0.15, -0.1) is 0 Å². The molecule has 1 saturated heterocycles. The quantitative estimate of drug-likeness (QED) is 0.172. The standard InChI is InChI=1S/C36H56O11/c1-18-9-14-36(30(44)47-28-26(41)25(40)24(39)20(17-37)46-28)16-15-32(3)19(27(36)35(18,6)45)7-8-21-31(2)12-11-23(38)34(5,29(42)43)22(31)10-13-33(21,32)4/h7,18,20-28,37-41,45H,8-17H2,1-6H3,(H,42,43)/t18-,20+,21?,22?,23+,24+,25-,26+,27+,28-,31+,32+,33+,34-,35+,36-/m0/s1. The van der Waals surface area contributed by atoms with Crippen molar-refractivity contribution in [2.24, 2.45) is 50.7 Å². The third kappa shape index (κ3) is 4.49. The smallest absolute Gasteiger partial charge is 0.315 e. The number of carboxylic acids is 1. The van der Waals surface area contributed by atoms with Crippen LogP contribution in [0, 0.1) is 50.7 Å². The first kappa shape index (κ1) is 35.2. The summed E-state index contributed by atoms with van der Waals surface area (Å²) >= 11 is 0. The number of aliphatic carboxylic acids is 1. The van der Waals surface area contributed by atoms with Crippen LogP contribution in [-0.2, 0) is 19.1 Å². The summed E-state index contributed by atoms with van der Waals surface area (Å²) in [6.45, 7) is 11.7. The van der Waals surface area contributed by atoms with E-state index in [4.69, 9.17) is 9.47 Å². The minimum atomic E-state index is -1.72. The average Bonchev–Trinajstić information content (AvgIpc) is 3.01. The molecule has 11 heteroatoms. The molecule has 5 fully saturated rings. The molecular weight excluding hydrogens is 608 g/mol. The number of rotatable bonds is 4. The van der Waals surface area contributed by atoms with Gasteiger partial charge in [0, 0.05) is 5.92 Å². The number of carbonyl (C=O) groups excluding carboxylic acids is 1. The molecule has 4 saturated carbocycles. The van der Waals surface area contributed by atoms with Gasteiger partial charge < -0.3 is 45.2 Å². The summed E-state index contributed by atoms with van der Waals surface area (Å²) in [6.07, 6.45) is -1.18. The number of hydrogen-bond acceptors (Lipinski definition) is 10. The summed E-state index contributed by atoms with van der Waals surface area (Å²) in [5.41, 5.74) is -3.64. The van der Waals surface area contributed by atoms with E-state index >= 15 is 0 Å². The van der Waals surface area contributed by atoms with E-state index in [-0.39, 0.29) is 28.6 Å². The topological polar surface area (TPSA) is 194 Å². The molecule has 1 aliphatic heterocycles. The van der Waals surface area contributed by atoms with Gasteiger partial charge in [-0.1, -0.05) is 39.3 Å².